The fraction of sp³-hybridized carbons (Fsp3) is 0.765. The van der Waals surface area contributed by atoms with E-state index >= 15 is 0 Å². The first-order valence-corrected chi connectivity index (χ1v) is 10.3. The number of hydrogen-bond donors (Lipinski definition) is 1. The highest BCUT2D eigenvalue weighted by atomic mass is 32.1. The van der Waals surface area contributed by atoms with Gasteiger partial charge in [-0.05, 0) is 25.7 Å². The van der Waals surface area contributed by atoms with Gasteiger partial charge in [0.15, 0.2) is 6.61 Å². The average molecular weight is 420 g/mol. The number of hydrogen-bond acceptors (Lipinski definition) is 6. The quantitative estimate of drug-likeness (QED) is 0.798. The molecule has 1 aromatic heterocycles. The van der Waals surface area contributed by atoms with E-state index in [4.69, 9.17) is 0 Å². The molecular formula is C17H23F3N4O3S. The second kappa shape index (κ2) is 9.06. The van der Waals surface area contributed by atoms with Crippen LogP contribution < -0.4 is 5.32 Å². The summed E-state index contributed by atoms with van der Waals surface area (Å²) >= 11 is 1.40. The zero-order chi connectivity index (χ0) is 20.1. The van der Waals surface area contributed by atoms with Crippen molar-refractivity contribution in [3.05, 3.63) is 5.01 Å². The van der Waals surface area contributed by atoms with E-state index in [-0.39, 0.29) is 24.9 Å². The van der Waals surface area contributed by atoms with Crippen LogP contribution in [0.15, 0.2) is 0 Å². The Bertz CT molecular complexity index is 683. The maximum atomic E-state index is 12.4. The van der Waals surface area contributed by atoms with Gasteiger partial charge in [0.05, 0.1) is 0 Å². The van der Waals surface area contributed by atoms with E-state index in [2.05, 4.69) is 20.3 Å². The maximum Gasteiger partial charge on any atom is 0.422 e. The molecule has 28 heavy (non-hydrogen) atoms. The Hall–Kier alpha value is -1.91. The molecule has 156 valence electrons. The highest BCUT2D eigenvalue weighted by Crippen LogP contribution is 2.35. The minimum absolute atomic E-state index is 0.179. The Morgan fingerprint density at radius 1 is 1.11 bits per heavy atom. The summed E-state index contributed by atoms with van der Waals surface area (Å²) < 4.78 is 40.6. The molecule has 2 fully saturated rings. The van der Waals surface area contributed by atoms with Gasteiger partial charge in [-0.15, -0.1) is 10.2 Å². The van der Waals surface area contributed by atoms with E-state index in [1.165, 1.54) is 35.5 Å². The van der Waals surface area contributed by atoms with Crippen molar-refractivity contribution in [1.29, 1.82) is 0 Å². The van der Waals surface area contributed by atoms with Gasteiger partial charge in [0.25, 0.3) is 0 Å². The number of alkyl halides is 3. The van der Waals surface area contributed by atoms with Crippen molar-refractivity contribution in [2.45, 2.75) is 57.0 Å². The van der Waals surface area contributed by atoms with Crippen LogP contribution in [0.1, 0.15) is 55.9 Å². The molecule has 1 saturated heterocycles. The first kappa shape index (κ1) is 20.8. The molecule has 2 amide bonds. The summed E-state index contributed by atoms with van der Waals surface area (Å²) in [4.78, 5) is 25.3. The number of carbonyl (C=O) groups excluding carboxylic acids is 2. The molecule has 0 unspecified atom stereocenters. The van der Waals surface area contributed by atoms with Crippen LogP contribution in [0.4, 0.5) is 23.1 Å². The monoisotopic (exact) mass is 420 g/mol. The third kappa shape index (κ3) is 5.79. The summed E-state index contributed by atoms with van der Waals surface area (Å²) in [6, 6.07) is 0. The minimum atomic E-state index is -4.55. The topological polar surface area (TPSA) is 84.4 Å². The number of nitrogens with one attached hydrogen (secondary N) is 1. The standard InChI is InChI=1S/C17H23F3N4O3S/c18-17(19,20)10-27-16(26)24-8-6-11(7-9-24)13(25)21-15-23-22-14(28-15)12-4-2-1-3-5-12/h11-12H,1-10H2,(H,21,23,25). The lowest BCUT2D eigenvalue weighted by Crippen LogP contribution is -2.42. The molecular weight excluding hydrogens is 397 g/mol. The largest absolute Gasteiger partial charge is 0.440 e. The Morgan fingerprint density at radius 2 is 1.79 bits per heavy atom. The summed E-state index contributed by atoms with van der Waals surface area (Å²) in [7, 11) is 0. The van der Waals surface area contributed by atoms with E-state index in [0.29, 0.717) is 23.9 Å². The smallest absolute Gasteiger partial charge is 0.422 e. The maximum absolute atomic E-state index is 12.4. The summed E-state index contributed by atoms with van der Waals surface area (Å²) in [6.07, 6.45) is 1.01. The molecule has 2 aliphatic rings. The lowest BCUT2D eigenvalue weighted by Gasteiger charge is -2.30. The zero-order valence-corrected chi connectivity index (χ0v) is 16.2. The summed E-state index contributed by atoms with van der Waals surface area (Å²) in [5.41, 5.74) is 0. The number of rotatable bonds is 4. The van der Waals surface area contributed by atoms with Gasteiger partial charge in [0.1, 0.15) is 5.01 Å². The number of ether oxygens (including phenoxy) is 1. The Kier molecular flexibility index (Phi) is 6.73. The van der Waals surface area contributed by atoms with Gasteiger partial charge < -0.3 is 15.0 Å². The highest BCUT2D eigenvalue weighted by molar-refractivity contribution is 7.15. The summed E-state index contributed by atoms with van der Waals surface area (Å²) in [5, 5.41) is 12.5. The van der Waals surface area contributed by atoms with E-state index in [1.54, 1.807) is 0 Å². The molecule has 1 aliphatic heterocycles. The van der Waals surface area contributed by atoms with Crippen LogP contribution in [0.3, 0.4) is 0 Å². The first-order valence-electron chi connectivity index (χ1n) is 9.44. The Balaban J connectivity index is 1.44. The van der Waals surface area contributed by atoms with Gasteiger partial charge in [0.2, 0.25) is 11.0 Å². The van der Waals surface area contributed by atoms with Crippen LogP contribution in [-0.4, -0.2) is 53.0 Å². The van der Waals surface area contributed by atoms with Crippen molar-refractivity contribution in [2.75, 3.05) is 25.0 Å². The molecule has 1 aliphatic carbocycles. The molecule has 0 aromatic carbocycles. The molecule has 7 nitrogen and oxygen atoms in total. The molecule has 0 bridgehead atoms. The molecule has 1 aromatic rings. The second-order valence-electron chi connectivity index (χ2n) is 7.20. The van der Waals surface area contributed by atoms with Crippen molar-refractivity contribution in [2.24, 2.45) is 5.92 Å². The summed E-state index contributed by atoms with van der Waals surface area (Å²) in [6.45, 7) is -1.25. The van der Waals surface area contributed by atoms with Gasteiger partial charge >= 0.3 is 12.3 Å². The van der Waals surface area contributed by atoms with Crippen LogP contribution in [-0.2, 0) is 9.53 Å². The molecule has 11 heteroatoms. The summed E-state index contributed by atoms with van der Waals surface area (Å²) in [5.74, 6) is -0.105. The lowest BCUT2D eigenvalue weighted by molar-refractivity contribution is -0.162. The normalized spacial score (nSPS) is 19.5. The fourth-order valence-electron chi connectivity index (χ4n) is 3.57. The molecule has 1 N–H and O–H groups in total. The number of carbonyl (C=O) groups is 2. The zero-order valence-electron chi connectivity index (χ0n) is 15.3. The second-order valence-corrected chi connectivity index (χ2v) is 8.21. The number of halogens is 3. The lowest BCUT2D eigenvalue weighted by atomic mass is 9.90. The van der Waals surface area contributed by atoms with Crippen LogP contribution in [0.25, 0.3) is 0 Å². The van der Waals surface area contributed by atoms with Gasteiger partial charge in [-0.2, -0.15) is 13.2 Å². The molecule has 0 spiro atoms. The van der Waals surface area contributed by atoms with Crippen LogP contribution in [0, 0.1) is 5.92 Å². The van der Waals surface area contributed by atoms with Gasteiger partial charge in [0, 0.05) is 24.9 Å². The van der Waals surface area contributed by atoms with E-state index in [9.17, 15) is 22.8 Å². The molecule has 0 radical (unpaired) electrons. The van der Waals surface area contributed by atoms with Crippen molar-refractivity contribution in [3.63, 3.8) is 0 Å². The van der Waals surface area contributed by atoms with E-state index in [0.717, 1.165) is 17.8 Å². The third-order valence-corrected chi connectivity index (χ3v) is 6.11. The van der Waals surface area contributed by atoms with Gasteiger partial charge in [-0.1, -0.05) is 30.6 Å². The molecule has 1 saturated carbocycles. The van der Waals surface area contributed by atoms with Crippen molar-refractivity contribution < 1.29 is 27.5 Å². The molecule has 2 heterocycles. The molecule has 3 rings (SSSR count). The molecule has 0 atom stereocenters. The third-order valence-electron chi connectivity index (χ3n) is 5.11. The number of anilines is 1. The Labute approximate surface area is 164 Å². The van der Waals surface area contributed by atoms with Gasteiger partial charge in [-0.3, -0.25) is 4.79 Å². The fourth-order valence-corrected chi connectivity index (χ4v) is 4.48. The predicted octanol–water partition coefficient (Wildman–Crippen LogP) is 3.94. The first-order chi connectivity index (χ1) is 13.3. The van der Waals surface area contributed by atoms with Crippen LogP contribution in [0.2, 0.25) is 0 Å². The van der Waals surface area contributed by atoms with Crippen LogP contribution in [0.5, 0.6) is 0 Å². The average Bonchev–Trinajstić information content (AvgIpc) is 3.15. The van der Waals surface area contributed by atoms with Crippen molar-refractivity contribution in [1.82, 2.24) is 15.1 Å². The predicted molar refractivity (Wildman–Crippen MR) is 96.1 cm³/mol. The number of likely N-dealkylation sites (tertiary alicyclic amines) is 1. The number of aromatic nitrogens is 2. The minimum Gasteiger partial charge on any atom is -0.440 e. The van der Waals surface area contributed by atoms with Gasteiger partial charge in [-0.25, -0.2) is 4.79 Å². The van der Waals surface area contributed by atoms with E-state index in [1.807, 2.05) is 0 Å². The highest BCUT2D eigenvalue weighted by Gasteiger charge is 2.33. The number of nitrogens with zero attached hydrogens (tertiary/aromatic N) is 3. The SMILES string of the molecule is O=C(Nc1nnc(C2CCCCC2)s1)C1CCN(C(=O)OCC(F)(F)F)CC1. The van der Waals surface area contributed by atoms with Crippen molar-refractivity contribution in [3.8, 4) is 0 Å². The number of amides is 2. The Morgan fingerprint density at radius 3 is 2.43 bits per heavy atom. The van der Waals surface area contributed by atoms with E-state index < -0.39 is 18.9 Å². The van der Waals surface area contributed by atoms with Crippen molar-refractivity contribution >= 4 is 28.5 Å². The van der Waals surface area contributed by atoms with Crippen LogP contribution >= 0.6 is 11.3 Å². The number of piperidine rings is 1.